The first kappa shape index (κ1) is 60.1. The zero-order valence-corrected chi connectivity index (χ0v) is 40.9. The smallest absolute Gasteiger partial charge is 0.397 e. The number of rotatable bonds is 44. The third-order valence-electron chi connectivity index (χ3n) is 11.4. The summed E-state index contributed by atoms with van der Waals surface area (Å²) in [7, 11) is -5.07. The Labute approximate surface area is 389 Å². The minimum atomic E-state index is -5.07. The highest BCUT2D eigenvalue weighted by molar-refractivity contribution is 7.80. The summed E-state index contributed by atoms with van der Waals surface area (Å²) in [5.41, 5.74) is 0. The highest BCUT2D eigenvalue weighted by Gasteiger charge is 2.48. The van der Waals surface area contributed by atoms with Crippen molar-refractivity contribution in [2.24, 2.45) is 0 Å². The summed E-state index contributed by atoms with van der Waals surface area (Å²) in [4.78, 5) is 12.9. The van der Waals surface area contributed by atoms with Crippen LogP contribution in [0.15, 0.2) is 48.6 Å². The van der Waals surface area contributed by atoms with Gasteiger partial charge in [-0.2, -0.15) is 8.42 Å². The van der Waals surface area contributed by atoms with Crippen molar-refractivity contribution >= 4 is 16.4 Å². The van der Waals surface area contributed by atoms with E-state index >= 15 is 0 Å². The van der Waals surface area contributed by atoms with Crippen molar-refractivity contribution in [3.63, 3.8) is 0 Å². The lowest BCUT2D eigenvalue weighted by Gasteiger charge is -2.41. The minimum absolute atomic E-state index is 0.0265. The number of unbranched alkanes of at least 4 members (excludes halogenated alkanes) is 23. The topological polar surface area (TPSA) is 178 Å². The number of allylic oxidation sites excluding steroid dienone is 8. The molecule has 0 aliphatic carbocycles. The van der Waals surface area contributed by atoms with Gasteiger partial charge in [-0.1, -0.05) is 172 Å². The lowest BCUT2D eigenvalue weighted by molar-refractivity contribution is -0.301. The molecular weight excluding hydrogens is 837 g/mol. The first-order valence-corrected chi connectivity index (χ1v) is 26.8. The number of esters is 1. The SMILES string of the molecule is CCCCC/C=C\C/C=C\CCCCCCCCOCC(COC1OC(CO)C(O)C(OS(=O)(=O)O)C1O)OC(=O)CCCCCCCCCCC/C=C\C/C=C\CCCCCCC. The van der Waals surface area contributed by atoms with Crippen LogP contribution in [-0.2, 0) is 38.3 Å². The van der Waals surface area contributed by atoms with Crippen LogP contribution in [0.5, 0.6) is 0 Å². The van der Waals surface area contributed by atoms with E-state index in [4.69, 9.17) is 18.9 Å². The molecule has 6 atom stereocenters. The van der Waals surface area contributed by atoms with Gasteiger partial charge in [0.15, 0.2) is 6.29 Å². The van der Waals surface area contributed by atoms with Crippen molar-refractivity contribution < 1.29 is 56.2 Å². The number of carbonyl (C=O) groups is 1. The van der Waals surface area contributed by atoms with Gasteiger partial charge in [0.05, 0.1) is 19.8 Å². The molecule has 4 N–H and O–H groups in total. The Balaban J connectivity index is 2.38. The molecule has 0 amide bonds. The molecule has 1 fully saturated rings. The summed E-state index contributed by atoms with van der Waals surface area (Å²) >= 11 is 0. The highest BCUT2D eigenvalue weighted by atomic mass is 32.3. The predicted molar refractivity (Wildman–Crippen MR) is 257 cm³/mol. The Morgan fingerprint density at radius 3 is 1.52 bits per heavy atom. The molecule has 0 aromatic carbocycles. The predicted octanol–water partition coefficient (Wildman–Crippen LogP) is 11.5. The van der Waals surface area contributed by atoms with Gasteiger partial charge in [0.1, 0.15) is 30.5 Å². The van der Waals surface area contributed by atoms with E-state index in [2.05, 4.69) is 66.6 Å². The number of carbonyl (C=O) groups excluding carboxylic acids is 1. The second-order valence-electron chi connectivity index (χ2n) is 17.4. The quantitative estimate of drug-likeness (QED) is 0.0197. The number of hydrogen-bond acceptors (Lipinski definition) is 11. The van der Waals surface area contributed by atoms with Crippen LogP contribution in [0.25, 0.3) is 0 Å². The molecule has 12 nitrogen and oxygen atoms in total. The molecule has 374 valence electrons. The first-order valence-electron chi connectivity index (χ1n) is 25.4. The molecule has 13 heteroatoms. The van der Waals surface area contributed by atoms with Crippen molar-refractivity contribution in [3.8, 4) is 0 Å². The normalized spacial score (nSPS) is 20.1. The van der Waals surface area contributed by atoms with E-state index in [1.807, 2.05) is 0 Å². The Morgan fingerprint density at radius 1 is 0.594 bits per heavy atom. The maximum absolute atomic E-state index is 12.9. The van der Waals surface area contributed by atoms with Crippen LogP contribution < -0.4 is 0 Å². The van der Waals surface area contributed by atoms with Crippen LogP contribution >= 0.6 is 0 Å². The molecule has 0 aromatic heterocycles. The van der Waals surface area contributed by atoms with Gasteiger partial charge in [-0.05, 0) is 77.0 Å². The Hall–Kier alpha value is -1.94. The number of ether oxygens (including phenoxy) is 4. The van der Waals surface area contributed by atoms with Crippen molar-refractivity contribution in [1.29, 1.82) is 0 Å². The van der Waals surface area contributed by atoms with E-state index in [9.17, 15) is 33.1 Å². The monoisotopic (exact) mass is 929 g/mol. The highest BCUT2D eigenvalue weighted by Crippen LogP contribution is 2.26. The fourth-order valence-corrected chi connectivity index (χ4v) is 8.07. The third kappa shape index (κ3) is 35.3. The zero-order valence-electron chi connectivity index (χ0n) is 40.1. The fourth-order valence-electron chi connectivity index (χ4n) is 7.56. The Bertz CT molecular complexity index is 1300. The number of aliphatic hydroxyl groups is 3. The van der Waals surface area contributed by atoms with E-state index in [-0.39, 0.29) is 19.6 Å². The first-order chi connectivity index (χ1) is 31.1. The van der Waals surface area contributed by atoms with Crippen LogP contribution in [-0.4, -0.2) is 97.5 Å². The minimum Gasteiger partial charge on any atom is -0.457 e. The second kappa shape index (κ2) is 42.4. The van der Waals surface area contributed by atoms with Crippen LogP contribution in [0.2, 0.25) is 0 Å². The van der Waals surface area contributed by atoms with Crippen LogP contribution in [0, 0.1) is 0 Å². The van der Waals surface area contributed by atoms with Crippen molar-refractivity contribution in [1.82, 2.24) is 0 Å². The molecule has 0 spiro atoms. The third-order valence-corrected chi connectivity index (χ3v) is 11.9. The van der Waals surface area contributed by atoms with Gasteiger partial charge in [0, 0.05) is 13.0 Å². The van der Waals surface area contributed by atoms with Crippen LogP contribution in [0.1, 0.15) is 206 Å². The number of aliphatic hydroxyl groups excluding tert-OH is 3. The number of hydrogen-bond donors (Lipinski definition) is 4. The van der Waals surface area contributed by atoms with E-state index in [0.717, 1.165) is 70.6 Å². The summed E-state index contributed by atoms with van der Waals surface area (Å²) in [6, 6.07) is 0. The lowest BCUT2D eigenvalue weighted by atomic mass is 9.99. The Kier molecular flexibility index (Phi) is 39.8. The summed E-state index contributed by atoms with van der Waals surface area (Å²) in [5, 5.41) is 30.7. The van der Waals surface area contributed by atoms with Crippen molar-refractivity contribution in [2.45, 2.75) is 243 Å². The largest absolute Gasteiger partial charge is 0.457 e. The molecule has 0 aromatic rings. The molecule has 64 heavy (non-hydrogen) atoms. The molecular formula is C51H92O12S. The van der Waals surface area contributed by atoms with Crippen LogP contribution in [0.4, 0.5) is 0 Å². The molecule has 1 heterocycles. The van der Waals surface area contributed by atoms with E-state index in [1.165, 1.54) is 109 Å². The summed E-state index contributed by atoms with van der Waals surface area (Å²) in [6.07, 6.45) is 42.8. The maximum Gasteiger partial charge on any atom is 0.397 e. The van der Waals surface area contributed by atoms with Crippen molar-refractivity contribution in [3.05, 3.63) is 48.6 Å². The van der Waals surface area contributed by atoms with Gasteiger partial charge in [0.25, 0.3) is 0 Å². The average molecular weight is 929 g/mol. The molecule has 0 saturated carbocycles. The van der Waals surface area contributed by atoms with Gasteiger partial charge in [0.2, 0.25) is 0 Å². The molecule has 6 unspecified atom stereocenters. The van der Waals surface area contributed by atoms with Crippen LogP contribution in [0.3, 0.4) is 0 Å². The summed E-state index contributed by atoms with van der Waals surface area (Å²) in [5.74, 6) is -0.407. The zero-order chi connectivity index (χ0) is 46.8. The second-order valence-corrected chi connectivity index (χ2v) is 18.4. The van der Waals surface area contributed by atoms with E-state index < -0.39 is 59.8 Å². The molecule has 1 rings (SSSR count). The van der Waals surface area contributed by atoms with E-state index in [1.54, 1.807) is 0 Å². The van der Waals surface area contributed by atoms with Gasteiger partial charge >= 0.3 is 16.4 Å². The van der Waals surface area contributed by atoms with Gasteiger partial charge in [-0.25, -0.2) is 4.18 Å². The summed E-state index contributed by atoms with van der Waals surface area (Å²) < 4.78 is 59.2. The fraction of sp³-hybridized carbons (Fsp3) is 0.824. The van der Waals surface area contributed by atoms with Gasteiger partial charge in [-0.3, -0.25) is 9.35 Å². The molecule has 1 aliphatic rings. The van der Waals surface area contributed by atoms with Gasteiger partial charge < -0.3 is 34.3 Å². The van der Waals surface area contributed by atoms with E-state index in [0.29, 0.717) is 13.0 Å². The maximum atomic E-state index is 12.9. The van der Waals surface area contributed by atoms with Gasteiger partial charge in [-0.15, -0.1) is 0 Å². The molecule has 0 bridgehead atoms. The average Bonchev–Trinajstić information content (AvgIpc) is 3.27. The Morgan fingerprint density at radius 2 is 1.03 bits per heavy atom. The molecule has 1 aliphatic heterocycles. The lowest BCUT2D eigenvalue weighted by Crippen LogP contribution is -2.60. The molecule has 1 saturated heterocycles. The standard InChI is InChI=1S/C51H92O12S/c1-3-5-7-9-11-13-15-17-19-21-22-23-24-25-26-28-30-32-34-36-38-40-47(53)61-45(44-60-51-49(55)50(63-64(56,57)58)48(54)46(42-52)62-51)43-59-41-39-37-35-33-31-29-27-20-18-16-14-12-10-8-6-4-2/h12,14-15,17-18,20-22,45-46,48-52,54-55H,3-11,13,16,19,23-44H2,1-2H3,(H,56,57,58)/b14-12-,17-15-,20-18-,22-21-. The van der Waals surface area contributed by atoms with Crippen molar-refractivity contribution in [2.75, 3.05) is 26.4 Å². The molecule has 0 radical (unpaired) electrons. The summed E-state index contributed by atoms with van der Waals surface area (Å²) in [6.45, 7) is 3.94.